The van der Waals surface area contributed by atoms with Crippen molar-refractivity contribution < 1.29 is 9.53 Å². The Hall–Kier alpha value is -2.17. The Balaban J connectivity index is 2.07. The van der Waals surface area contributed by atoms with Gasteiger partial charge in [0.1, 0.15) is 0 Å². The standard InChI is InChI=1S/C22H30N2O2/c1-18(21(23)20-13-7-4-8-14-20)22(25)24(15-9-10-16-26-2)17-19-11-5-3-6-12-19/h3-8,11-14,18,21H,9-10,15-17,23H2,1-2H3. The van der Waals surface area contributed by atoms with Crippen molar-refractivity contribution in [2.24, 2.45) is 11.7 Å². The normalized spacial score (nSPS) is 13.2. The van der Waals surface area contributed by atoms with Crippen LogP contribution in [0.3, 0.4) is 0 Å². The van der Waals surface area contributed by atoms with Gasteiger partial charge in [-0.15, -0.1) is 0 Å². The molecule has 2 unspecified atom stereocenters. The molecule has 2 aromatic rings. The van der Waals surface area contributed by atoms with E-state index in [2.05, 4.69) is 12.1 Å². The summed E-state index contributed by atoms with van der Waals surface area (Å²) in [6, 6.07) is 19.6. The van der Waals surface area contributed by atoms with Crippen molar-refractivity contribution in [2.45, 2.75) is 32.4 Å². The topological polar surface area (TPSA) is 55.6 Å². The van der Waals surface area contributed by atoms with Crippen LogP contribution in [0, 0.1) is 5.92 Å². The van der Waals surface area contributed by atoms with Gasteiger partial charge in [0.05, 0.1) is 5.92 Å². The van der Waals surface area contributed by atoms with Crippen molar-refractivity contribution in [2.75, 3.05) is 20.3 Å². The third-order valence-electron chi connectivity index (χ3n) is 4.67. The fourth-order valence-electron chi connectivity index (χ4n) is 3.03. The van der Waals surface area contributed by atoms with Crippen LogP contribution >= 0.6 is 0 Å². The van der Waals surface area contributed by atoms with Crippen molar-refractivity contribution in [3.05, 3.63) is 71.8 Å². The summed E-state index contributed by atoms with van der Waals surface area (Å²) in [5, 5.41) is 0. The van der Waals surface area contributed by atoms with Gasteiger partial charge in [-0.3, -0.25) is 4.79 Å². The lowest BCUT2D eigenvalue weighted by Gasteiger charge is -2.29. The molecule has 140 valence electrons. The predicted molar refractivity (Wildman–Crippen MR) is 106 cm³/mol. The maximum atomic E-state index is 13.1. The smallest absolute Gasteiger partial charge is 0.227 e. The lowest BCUT2D eigenvalue weighted by molar-refractivity contribution is -0.136. The van der Waals surface area contributed by atoms with E-state index in [1.165, 1.54) is 0 Å². The summed E-state index contributed by atoms with van der Waals surface area (Å²) in [7, 11) is 1.70. The summed E-state index contributed by atoms with van der Waals surface area (Å²) in [4.78, 5) is 15.1. The number of carbonyl (C=O) groups is 1. The third-order valence-corrected chi connectivity index (χ3v) is 4.67. The minimum atomic E-state index is -0.305. The Morgan fingerprint density at radius 1 is 1.04 bits per heavy atom. The molecule has 0 aliphatic carbocycles. The molecular formula is C22H30N2O2. The van der Waals surface area contributed by atoms with Crippen LogP contribution in [-0.2, 0) is 16.1 Å². The van der Waals surface area contributed by atoms with Gasteiger partial charge in [-0.1, -0.05) is 67.6 Å². The number of rotatable bonds is 10. The van der Waals surface area contributed by atoms with Gasteiger partial charge in [-0.05, 0) is 24.0 Å². The number of ether oxygens (including phenoxy) is 1. The van der Waals surface area contributed by atoms with Crippen molar-refractivity contribution in [1.29, 1.82) is 0 Å². The summed E-state index contributed by atoms with van der Waals surface area (Å²) >= 11 is 0. The van der Waals surface area contributed by atoms with Gasteiger partial charge in [0.25, 0.3) is 0 Å². The van der Waals surface area contributed by atoms with E-state index in [0.717, 1.165) is 24.0 Å². The summed E-state index contributed by atoms with van der Waals surface area (Å²) in [5.41, 5.74) is 8.50. The fraction of sp³-hybridized carbons (Fsp3) is 0.409. The number of hydrogen-bond donors (Lipinski definition) is 1. The maximum absolute atomic E-state index is 13.1. The van der Waals surface area contributed by atoms with E-state index in [0.29, 0.717) is 19.7 Å². The summed E-state index contributed by atoms with van der Waals surface area (Å²) < 4.78 is 5.12. The molecule has 2 aromatic carbocycles. The van der Waals surface area contributed by atoms with Crippen LogP contribution in [0.1, 0.15) is 36.9 Å². The summed E-state index contributed by atoms with van der Waals surface area (Å²) in [6.45, 7) is 3.96. The Labute approximate surface area is 157 Å². The molecule has 0 saturated carbocycles. The zero-order valence-electron chi connectivity index (χ0n) is 15.8. The number of amides is 1. The monoisotopic (exact) mass is 354 g/mol. The van der Waals surface area contributed by atoms with Crippen LogP contribution in [0.25, 0.3) is 0 Å². The van der Waals surface area contributed by atoms with Gasteiger partial charge in [0.2, 0.25) is 5.91 Å². The second kappa shape index (κ2) is 10.7. The number of hydrogen-bond acceptors (Lipinski definition) is 3. The molecule has 2 atom stereocenters. The molecule has 0 heterocycles. The molecule has 1 amide bonds. The number of methoxy groups -OCH3 is 1. The molecule has 0 saturated heterocycles. The molecule has 0 aliphatic rings. The quantitative estimate of drug-likeness (QED) is 0.661. The predicted octanol–water partition coefficient (Wildman–Crippen LogP) is 3.78. The number of carbonyl (C=O) groups excluding carboxylic acids is 1. The van der Waals surface area contributed by atoms with E-state index in [4.69, 9.17) is 10.5 Å². The van der Waals surface area contributed by atoms with Gasteiger partial charge in [-0.2, -0.15) is 0 Å². The zero-order chi connectivity index (χ0) is 18.8. The third kappa shape index (κ3) is 5.97. The summed E-state index contributed by atoms with van der Waals surface area (Å²) in [5.74, 6) is -0.175. The second-order valence-corrected chi connectivity index (χ2v) is 6.67. The SMILES string of the molecule is COCCCCN(Cc1ccccc1)C(=O)C(C)C(N)c1ccccc1. The van der Waals surface area contributed by atoms with Crippen molar-refractivity contribution in [3.63, 3.8) is 0 Å². The molecule has 4 nitrogen and oxygen atoms in total. The number of nitrogens with two attached hydrogens (primary N) is 1. The molecule has 0 spiro atoms. The number of benzene rings is 2. The molecule has 0 aliphatic heterocycles. The van der Waals surface area contributed by atoms with Gasteiger partial charge in [-0.25, -0.2) is 0 Å². The molecule has 26 heavy (non-hydrogen) atoms. The van der Waals surface area contributed by atoms with Crippen LogP contribution in [0.15, 0.2) is 60.7 Å². The van der Waals surface area contributed by atoms with Crippen molar-refractivity contribution in [3.8, 4) is 0 Å². The summed E-state index contributed by atoms with van der Waals surface area (Å²) in [6.07, 6.45) is 1.86. The highest BCUT2D eigenvalue weighted by Crippen LogP contribution is 2.22. The Morgan fingerprint density at radius 3 is 2.27 bits per heavy atom. The van der Waals surface area contributed by atoms with Crippen LogP contribution in [0.5, 0.6) is 0 Å². The Bertz CT molecular complexity index is 646. The Kier molecular flexibility index (Phi) is 8.32. The van der Waals surface area contributed by atoms with Gasteiger partial charge >= 0.3 is 0 Å². The lowest BCUT2D eigenvalue weighted by atomic mass is 9.94. The number of nitrogens with zero attached hydrogens (tertiary/aromatic N) is 1. The molecule has 0 radical (unpaired) electrons. The van der Waals surface area contributed by atoms with Crippen molar-refractivity contribution >= 4 is 5.91 Å². The van der Waals surface area contributed by atoms with E-state index < -0.39 is 0 Å². The lowest BCUT2D eigenvalue weighted by Crippen LogP contribution is -2.39. The fourth-order valence-corrected chi connectivity index (χ4v) is 3.03. The molecular weight excluding hydrogens is 324 g/mol. The molecule has 0 bridgehead atoms. The van der Waals surface area contributed by atoms with Gasteiger partial charge in [0, 0.05) is 32.8 Å². The van der Waals surface area contributed by atoms with E-state index in [-0.39, 0.29) is 17.9 Å². The average Bonchev–Trinajstić information content (AvgIpc) is 2.70. The Morgan fingerprint density at radius 2 is 1.65 bits per heavy atom. The minimum absolute atomic E-state index is 0.0997. The highest BCUT2D eigenvalue weighted by molar-refractivity contribution is 5.79. The molecule has 2 rings (SSSR count). The van der Waals surface area contributed by atoms with Crippen molar-refractivity contribution in [1.82, 2.24) is 4.90 Å². The van der Waals surface area contributed by atoms with Crippen LogP contribution in [-0.4, -0.2) is 31.1 Å². The molecule has 2 N–H and O–H groups in total. The van der Waals surface area contributed by atoms with Crippen LogP contribution < -0.4 is 5.73 Å². The average molecular weight is 354 g/mol. The zero-order valence-corrected chi connectivity index (χ0v) is 15.8. The van der Waals surface area contributed by atoms with Gasteiger partial charge in [0.15, 0.2) is 0 Å². The largest absolute Gasteiger partial charge is 0.385 e. The molecule has 0 fully saturated rings. The number of unbranched alkanes of at least 4 members (excludes halogenated alkanes) is 1. The first kappa shape index (κ1) is 20.1. The first-order valence-corrected chi connectivity index (χ1v) is 9.25. The molecule has 4 heteroatoms. The van der Waals surface area contributed by atoms with Gasteiger partial charge < -0.3 is 15.4 Å². The molecule has 0 aromatic heterocycles. The van der Waals surface area contributed by atoms with Crippen LogP contribution in [0.4, 0.5) is 0 Å². The first-order chi connectivity index (χ1) is 12.6. The van der Waals surface area contributed by atoms with E-state index in [1.54, 1.807) is 7.11 Å². The maximum Gasteiger partial charge on any atom is 0.227 e. The van der Waals surface area contributed by atoms with E-state index >= 15 is 0 Å². The highest BCUT2D eigenvalue weighted by Gasteiger charge is 2.26. The van der Waals surface area contributed by atoms with Crippen LogP contribution in [0.2, 0.25) is 0 Å². The van der Waals surface area contributed by atoms with E-state index in [9.17, 15) is 4.79 Å². The first-order valence-electron chi connectivity index (χ1n) is 9.25. The highest BCUT2D eigenvalue weighted by atomic mass is 16.5. The minimum Gasteiger partial charge on any atom is -0.385 e. The van der Waals surface area contributed by atoms with E-state index in [1.807, 2.05) is 60.4 Å². The second-order valence-electron chi connectivity index (χ2n) is 6.67.